The summed E-state index contributed by atoms with van der Waals surface area (Å²) in [6.07, 6.45) is -3.45. The number of Topliss-reactive ketones (excluding diaryl/α,β-unsaturated/α-hetero) is 2. The smallest absolute Gasteiger partial charge is 0.870 e. The Labute approximate surface area is 647 Å². The summed E-state index contributed by atoms with van der Waals surface area (Å²) in [4.78, 5) is 84.3. The molecule has 4 atom stereocenters. The van der Waals surface area contributed by atoms with E-state index in [0.29, 0.717) is 59.1 Å². The van der Waals surface area contributed by atoms with Crippen molar-refractivity contribution < 1.29 is 103 Å². The molecule has 27 heteroatoms. The van der Waals surface area contributed by atoms with Crippen molar-refractivity contribution in [1.82, 2.24) is 18.9 Å². The third-order valence-electron chi connectivity index (χ3n) is 19.4. The number of carbonyl (C=O) groups excluding carboxylic acids is 3. The first kappa shape index (κ1) is 96.6. The monoisotopic (exact) mass is 1540 g/mol. The first-order valence-corrected chi connectivity index (χ1v) is 35.2. The van der Waals surface area contributed by atoms with E-state index in [1.54, 1.807) is 59.1 Å². The molecule has 2 aliphatic carbocycles. The number of alkyl halides is 6. The number of carboxylic acids is 1. The molecule has 107 heavy (non-hydrogen) atoms. The number of ketones is 2. The van der Waals surface area contributed by atoms with E-state index < -0.39 is 153 Å². The van der Waals surface area contributed by atoms with E-state index in [0.717, 1.165) is 85.0 Å². The maximum absolute atomic E-state index is 16.9. The number of aromatic nitrogens is 2. The van der Waals surface area contributed by atoms with Gasteiger partial charge in [-0.1, -0.05) is 52.0 Å². The maximum atomic E-state index is 16.9. The van der Waals surface area contributed by atoms with Crippen molar-refractivity contribution in [1.29, 1.82) is 0 Å². The Balaban J connectivity index is 0.000000695. The number of nitrogens with zero attached hydrogens (tertiary/aromatic N) is 4. The molecule has 0 radical (unpaired) electrons. The van der Waals surface area contributed by atoms with E-state index in [9.17, 15) is 60.2 Å². The summed E-state index contributed by atoms with van der Waals surface area (Å²) in [5.41, 5.74) is 0.141. The molecule has 6 aromatic rings. The normalized spacial score (nSPS) is 14.0. The van der Waals surface area contributed by atoms with Crippen LogP contribution in [0, 0.1) is 76.6 Å². The first-order chi connectivity index (χ1) is 47.6. The van der Waals surface area contributed by atoms with E-state index in [4.69, 9.17) is 4.74 Å². The maximum Gasteiger partial charge on any atom is 1.00 e. The summed E-state index contributed by atoms with van der Waals surface area (Å²) >= 11 is 0. The van der Waals surface area contributed by atoms with Crippen LogP contribution >= 0.6 is 27.0 Å². The Kier molecular flexibility index (Phi) is 37.0. The average molecular weight is 1540 g/mol. The van der Waals surface area contributed by atoms with Gasteiger partial charge >= 0.3 is 43.2 Å². The summed E-state index contributed by atoms with van der Waals surface area (Å²) < 4.78 is 160. The van der Waals surface area contributed by atoms with Gasteiger partial charge in [-0.25, -0.2) is 17.6 Å². The number of halogens is 10. The molecule has 2 aromatic heterocycles. The van der Waals surface area contributed by atoms with Crippen molar-refractivity contribution in [3.8, 4) is 22.3 Å². The molecular formula is C80H105F10LiN4O10S2. The first-order valence-electron chi connectivity index (χ1n) is 35.2. The standard InChI is InChI=1S/C41H51F5N2O4.C39H47F5N2O4.Li.2H2O.2H2S/c1-9-52-36(51)20-30(19-34(49)33(15-23(2)3)48-22-28(11-10-14-47(7)8)24(4)18-35(48)50)38-39(42)31(21-32(40(38)43)41(44,45)46)37-25(5)16-29(17-26(37)6)27-12-13-27;1-21(2)13-31(46-20-26(9-8-12-45(6)7)22(3)16-33(46)48)32(47)17-28(18-34(49)50)36-37(40)29(19-30(38(36)41)39(42,43)44)35-23(4)14-27(15-24(35)5)25-10-11-25;;;;;/h16-18,21-23,27,30,33H,9-15,19-20H2,1-8H3;14-16,19-21,25,28,31H,8-13,17-18H2,1-7H3,(H,49,50);;4*1H2/q;;+1;;;;/p-1/t30-,33?;28-,31?;;;;;/m00...../s1. The SMILES string of the molecule is CCOC(=O)C[C@H](CC(=O)C(CC(C)C)n1cc(CCCN(C)C)c(C)cc1=O)c1c(F)c(-c2c(C)cc(C3CC3)cc2C)cc(C(F)(F)F)c1F.Cc1cc(=O)n(C(CC(C)C)C(=O)C[C@@H](CC(=O)O)c2c(F)c(-c3c(C)cc(C4CC4)cc3C)cc(C(F)(F)F)c2F)cc1CCCN(C)C.O.S.S.[Li+].[OH-]. The van der Waals surface area contributed by atoms with Gasteiger partial charge in [0.15, 0.2) is 11.6 Å². The second-order valence-electron chi connectivity index (χ2n) is 29.5. The number of hydrogen-bond acceptors (Lipinski definition) is 10. The fourth-order valence-electron chi connectivity index (χ4n) is 14.1. The summed E-state index contributed by atoms with van der Waals surface area (Å²) in [5, 5.41) is 9.83. The molecule has 2 unspecified atom stereocenters. The number of benzene rings is 4. The van der Waals surface area contributed by atoms with Crippen LogP contribution < -0.4 is 30.0 Å². The van der Waals surface area contributed by atoms with E-state index in [1.807, 2.05) is 84.7 Å². The Morgan fingerprint density at radius 2 is 0.860 bits per heavy atom. The number of pyridine rings is 2. The van der Waals surface area contributed by atoms with Crippen LogP contribution in [0.3, 0.4) is 0 Å². The van der Waals surface area contributed by atoms with Crippen LogP contribution in [-0.4, -0.2) is 106 Å². The summed E-state index contributed by atoms with van der Waals surface area (Å²) in [6.45, 7) is 20.6. The van der Waals surface area contributed by atoms with Gasteiger partial charge in [0.25, 0.3) is 11.1 Å². The molecule has 2 saturated carbocycles. The van der Waals surface area contributed by atoms with E-state index in [2.05, 4.69) is 0 Å². The fraction of sp³-hybridized carbons (Fsp3) is 0.525. The zero-order valence-electron chi connectivity index (χ0n) is 64.2. The molecule has 2 aliphatic rings. The molecule has 0 spiro atoms. The molecule has 4 N–H and O–H groups in total. The van der Waals surface area contributed by atoms with Crippen molar-refractivity contribution in [2.75, 3.05) is 47.9 Å². The molecule has 14 nitrogen and oxygen atoms in total. The average Bonchev–Trinajstić information content (AvgIpc) is 1.75. The zero-order chi connectivity index (χ0) is 75.9. The number of aryl methyl sites for hydroxylation is 8. The third kappa shape index (κ3) is 25.0. The van der Waals surface area contributed by atoms with Crippen molar-refractivity contribution in [2.45, 2.75) is 214 Å². The Morgan fingerprint density at radius 3 is 1.14 bits per heavy atom. The quantitative estimate of drug-likeness (QED) is 0.0246. The molecule has 588 valence electrons. The number of hydrogen-bond donors (Lipinski definition) is 1. The Bertz CT molecular complexity index is 4160. The molecule has 4 aromatic carbocycles. The van der Waals surface area contributed by atoms with Crippen LogP contribution in [0.25, 0.3) is 22.3 Å². The van der Waals surface area contributed by atoms with Gasteiger partial charge in [0.05, 0.1) is 42.7 Å². The third-order valence-corrected chi connectivity index (χ3v) is 19.4. The van der Waals surface area contributed by atoms with Gasteiger partial charge in [-0.05, 0) is 257 Å². The Morgan fingerprint density at radius 1 is 0.533 bits per heavy atom. The topological polar surface area (TPSA) is 210 Å². The van der Waals surface area contributed by atoms with Gasteiger partial charge < -0.3 is 39.7 Å². The molecule has 0 aliphatic heterocycles. The van der Waals surface area contributed by atoms with Gasteiger partial charge in [-0.2, -0.15) is 53.3 Å². The number of rotatable bonds is 31. The van der Waals surface area contributed by atoms with Crippen LogP contribution in [0.15, 0.2) is 70.5 Å². The van der Waals surface area contributed by atoms with Crippen LogP contribution in [0.1, 0.15) is 225 Å². The summed E-state index contributed by atoms with van der Waals surface area (Å²) in [7, 11) is 7.77. The zero-order valence-corrected chi connectivity index (χ0v) is 66.2. The number of carbonyl (C=O) groups is 4. The largest absolute Gasteiger partial charge is 1.00 e. The van der Waals surface area contributed by atoms with E-state index >= 15 is 17.6 Å². The van der Waals surface area contributed by atoms with Crippen LogP contribution in [-0.2, 0) is 49.1 Å². The summed E-state index contributed by atoms with van der Waals surface area (Å²) in [5.74, 6) is -13.3. The van der Waals surface area contributed by atoms with Crippen LogP contribution in [0.2, 0.25) is 0 Å². The van der Waals surface area contributed by atoms with Gasteiger partial charge in [-0.3, -0.25) is 28.8 Å². The van der Waals surface area contributed by atoms with Crippen LogP contribution in [0.5, 0.6) is 0 Å². The van der Waals surface area contributed by atoms with Gasteiger partial charge in [-0.15, -0.1) is 0 Å². The molecule has 2 fully saturated rings. The number of aliphatic carboxylic acids is 1. The van der Waals surface area contributed by atoms with Gasteiger partial charge in [0.1, 0.15) is 23.3 Å². The Hall–Kier alpha value is -6.50. The second kappa shape index (κ2) is 41.0. The second-order valence-corrected chi connectivity index (χ2v) is 29.5. The number of ether oxygens (including phenoxy) is 1. The predicted octanol–water partition coefficient (Wildman–Crippen LogP) is 14.5. The molecular weight excluding hydrogens is 1440 g/mol. The molecule has 8 rings (SSSR count). The minimum absolute atomic E-state index is 0. The molecule has 0 amide bonds. The van der Waals surface area contributed by atoms with E-state index in [1.165, 1.54) is 28.2 Å². The molecule has 0 bridgehead atoms. The van der Waals surface area contributed by atoms with Crippen LogP contribution in [0.4, 0.5) is 43.9 Å². The fourth-order valence-corrected chi connectivity index (χ4v) is 14.1. The summed E-state index contributed by atoms with van der Waals surface area (Å²) in [6, 6.07) is 8.76. The molecule has 2 heterocycles. The van der Waals surface area contributed by atoms with Crippen molar-refractivity contribution in [3.63, 3.8) is 0 Å². The van der Waals surface area contributed by atoms with Gasteiger partial charge in [0.2, 0.25) is 0 Å². The predicted molar refractivity (Wildman–Crippen MR) is 403 cm³/mol. The van der Waals surface area contributed by atoms with Gasteiger partial charge in [0, 0.05) is 71.5 Å². The minimum Gasteiger partial charge on any atom is -0.870 e. The van der Waals surface area contributed by atoms with Crippen molar-refractivity contribution in [2.24, 2.45) is 11.8 Å². The number of carboxylic acid groups (broad SMARTS) is 1. The minimum atomic E-state index is -5.24. The van der Waals surface area contributed by atoms with Crippen molar-refractivity contribution >= 4 is 50.5 Å². The van der Waals surface area contributed by atoms with E-state index in [-0.39, 0.29) is 99.2 Å². The van der Waals surface area contributed by atoms with Crippen molar-refractivity contribution in [3.05, 3.63) is 183 Å². The molecule has 0 saturated heterocycles. The number of esters is 1.